The van der Waals surface area contributed by atoms with Gasteiger partial charge in [0, 0.05) is 49.9 Å². The predicted octanol–water partition coefficient (Wildman–Crippen LogP) is 2.31. The van der Waals surface area contributed by atoms with Crippen LogP contribution in [0.5, 0.6) is 0 Å². The molecule has 0 saturated carbocycles. The molecule has 128 valence electrons. The number of hydrogen-bond acceptors (Lipinski definition) is 3. The van der Waals surface area contributed by atoms with E-state index in [1.807, 2.05) is 39.7 Å². The van der Waals surface area contributed by atoms with Gasteiger partial charge in [0.25, 0.3) is 0 Å². The monoisotopic (exact) mass is 345 g/mol. The zero-order valence-electron chi connectivity index (χ0n) is 13.7. The van der Waals surface area contributed by atoms with Crippen molar-refractivity contribution in [2.45, 2.75) is 25.7 Å². The minimum atomic E-state index is 0.141. The van der Waals surface area contributed by atoms with Gasteiger partial charge in [0.05, 0.1) is 6.42 Å². The van der Waals surface area contributed by atoms with E-state index in [9.17, 15) is 9.59 Å². The minimum Gasteiger partial charge on any atom is -0.367 e. The average molecular weight is 345 g/mol. The molecule has 0 aliphatic carbocycles. The lowest BCUT2D eigenvalue weighted by Gasteiger charge is -2.22. The fraction of sp³-hybridized carbons (Fsp3) is 0.444. The van der Waals surface area contributed by atoms with Gasteiger partial charge < -0.3 is 14.8 Å². The van der Waals surface area contributed by atoms with Gasteiger partial charge in [0.2, 0.25) is 11.8 Å². The highest BCUT2D eigenvalue weighted by Crippen LogP contribution is 2.13. The van der Waals surface area contributed by atoms with Crippen LogP contribution in [0, 0.1) is 0 Å². The molecule has 2 aromatic heterocycles. The number of carbonyl (C=O) groups is 2. The minimum absolute atomic E-state index is 0.141. The summed E-state index contributed by atoms with van der Waals surface area (Å²) in [6.45, 7) is 2.76. The zero-order valence-corrected chi connectivity index (χ0v) is 14.6. The van der Waals surface area contributed by atoms with E-state index in [0.29, 0.717) is 25.9 Å². The SMILES string of the molecule is O=C(CCc1cccs1)N1CCCN(C(=O)Cc2cc[nH]c2)CC1. The number of nitrogens with zero attached hydrogens (tertiary/aromatic N) is 2. The van der Waals surface area contributed by atoms with Gasteiger partial charge in [-0.05, 0) is 35.9 Å². The molecule has 24 heavy (non-hydrogen) atoms. The van der Waals surface area contributed by atoms with Crippen LogP contribution in [0.15, 0.2) is 36.0 Å². The Balaban J connectivity index is 1.47. The molecule has 2 aromatic rings. The Morgan fingerprint density at radius 3 is 2.54 bits per heavy atom. The second-order valence-corrected chi connectivity index (χ2v) is 7.12. The van der Waals surface area contributed by atoms with Crippen molar-refractivity contribution in [3.63, 3.8) is 0 Å². The highest BCUT2D eigenvalue weighted by Gasteiger charge is 2.22. The van der Waals surface area contributed by atoms with Crippen LogP contribution in [0.2, 0.25) is 0 Å². The fourth-order valence-electron chi connectivity index (χ4n) is 3.01. The van der Waals surface area contributed by atoms with E-state index in [0.717, 1.165) is 31.5 Å². The maximum Gasteiger partial charge on any atom is 0.227 e. The summed E-state index contributed by atoms with van der Waals surface area (Å²) >= 11 is 1.70. The fourth-order valence-corrected chi connectivity index (χ4v) is 3.72. The Labute approximate surface area is 146 Å². The summed E-state index contributed by atoms with van der Waals surface area (Å²) in [5.41, 5.74) is 1.01. The van der Waals surface area contributed by atoms with E-state index in [4.69, 9.17) is 0 Å². The van der Waals surface area contributed by atoms with Gasteiger partial charge >= 0.3 is 0 Å². The molecular weight excluding hydrogens is 322 g/mol. The van der Waals surface area contributed by atoms with Crippen molar-refractivity contribution in [2.75, 3.05) is 26.2 Å². The third kappa shape index (κ3) is 4.47. The van der Waals surface area contributed by atoms with Crippen LogP contribution >= 0.6 is 11.3 Å². The van der Waals surface area contributed by atoms with Gasteiger partial charge in [-0.25, -0.2) is 0 Å². The highest BCUT2D eigenvalue weighted by molar-refractivity contribution is 7.09. The van der Waals surface area contributed by atoms with Crippen molar-refractivity contribution >= 4 is 23.2 Å². The molecule has 1 saturated heterocycles. The Morgan fingerprint density at radius 2 is 1.88 bits per heavy atom. The van der Waals surface area contributed by atoms with Crippen molar-refractivity contribution < 1.29 is 9.59 Å². The second-order valence-electron chi connectivity index (χ2n) is 6.09. The lowest BCUT2D eigenvalue weighted by Crippen LogP contribution is -2.38. The van der Waals surface area contributed by atoms with Gasteiger partial charge in [-0.1, -0.05) is 6.07 Å². The van der Waals surface area contributed by atoms with E-state index in [1.54, 1.807) is 11.3 Å². The third-order valence-corrected chi connectivity index (χ3v) is 5.32. The van der Waals surface area contributed by atoms with Crippen molar-refractivity contribution in [3.05, 3.63) is 46.4 Å². The Kier molecular flexibility index (Phi) is 5.69. The number of aryl methyl sites for hydroxylation is 1. The Hall–Kier alpha value is -2.08. The number of aromatic amines is 1. The molecule has 6 heteroatoms. The molecule has 1 fully saturated rings. The molecule has 1 aliphatic rings. The standard InChI is InChI=1S/C18H23N3O2S/c22-17(5-4-16-3-1-12-24-16)20-8-2-9-21(11-10-20)18(23)13-15-6-7-19-14-15/h1,3,6-7,12,14,19H,2,4-5,8-11,13H2. The summed E-state index contributed by atoms with van der Waals surface area (Å²) < 4.78 is 0. The highest BCUT2D eigenvalue weighted by atomic mass is 32.1. The van der Waals surface area contributed by atoms with Crippen LogP contribution < -0.4 is 0 Å². The molecule has 5 nitrogen and oxygen atoms in total. The van der Waals surface area contributed by atoms with E-state index in [1.165, 1.54) is 4.88 Å². The van der Waals surface area contributed by atoms with Gasteiger partial charge in [-0.2, -0.15) is 0 Å². The number of aromatic nitrogens is 1. The van der Waals surface area contributed by atoms with E-state index < -0.39 is 0 Å². The Bertz CT molecular complexity index is 652. The second kappa shape index (κ2) is 8.15. The van der Waals surface area contributed by atoms with Gasteiger partial charge in [-0.3, -0.25) is 9.59 Å². The average Bonchev–Trinajstić information content (AvgIpc) is 3.22. The maximum atomic E-state index is 12.4. The van der Waals surface area contributed by atoms with E-state index in [-0.39, 0.29) is 11.8 Å². The van der Waals surface area contributed by atoms with Crippen LogP contribution in [0.1, 0.15) is 23.3 Å². The van der Waals surface area contributed by atoms with Crippen LogP contribution in [0.3, 0.4) is 0 Å². The summed E-state index contributed by atoms with van der Waals surface area (Å²) in [5.74, 6) is 0.339. The molecule has 0 bridgehead atoms. The number of hydrogen-bond donors (Lipinski definition) is 1. The van der Waals surface area contributed by atoms with Crippen molar-refractivity contribution in [1.29, 1.82) is 0 Å². The summed E-state index contributed by atoms with van der Waals surface area (Å²) in [7, 11) is 0. The lowest BCUT2D eigenvalue weighted by atomic mass is 10.2. The lowest BCUT2D eigenvalue weighted by molar-refractivity contribution is -0.133. The van der Waals surface area contributed by atoms with Crippen molar-refractivity contribution in [2.24, 2.45) is 0 Å². The number of thiophene rings is 1. The molecule has 1 aliphatic heterocycles. The van der Waals surface area contributed by atoms with E-state index in [2.05, 4.69) is 11.1 Å². The molecule has 1 N–H and O–H groups in total. The summed E-state index contributed by atoms with van der Waals surface area (Å²) in [6, 6.07) is 6.02. The predicted molar refractivity (Wildman–Crippen MR) is 94.9 cm³/mol. The number of amides is 2. The molecule has 0 aromatic carbocycles. The molecule has 0 spiro atoms. The summed E-state index contributed by atoms with van der Waals surface area (Å²) in [6.07, 6.45) is 6.33. The van der Waals surface area contributed by atoms with E-state index >= 15 is 0 Å². The normalized spacial score (nSPS) is 15.3. The summed E-state index contributed by atoms with van der Waals surface area (Å²) in [5, 5.41) is 2.04. The largest absolute Gasteiger partial charge is 0.367 e. The number of carbonyl (C=O) groups excluding carboxylic acids is 2. The van der Waals surface area contributed by atoms with Crippen LogP contribution in [0.25, 0.3) is 0 Å². The molecule has 0 radical (unpaired) electrons. The third-order valence-electron chi connectivity index (χ3n) is 4.38. The molecule has 3 heterocycles. The van der Waals surface area contributed by atoms with Gasteiger partial charge in [-0.15, -0.1) is 11.3 Å². The van der Waals surface area contributed by atoms with Crippen LogP contribution in [0.4, 0.5) is 0 Å². The Morgan fingerprint density at radius 1 is 1.08 bits per heavy atom. The van der Waals surface area contributed by atoms with Crippen LogP contribution in [-0.4, -0.2) is 52.8 Å². The molecular formula is C18H23N3O2S. The molecule has 0 atom stereocenters. The first kappa shape index (κ1) is 16.8. The van der Waals surface area contributed by atoms with Crippen LogP contribution in [-0.2, 0) is 22.4 Å². The number of nitrogens with one attached hydrogen (secondary N) is 1. The molecule has 0 unspecified atom stereocenters. The maximum absolute atomic E-state index is 12.4. The first-order valence-electron chi connectivity index (χ1n) is 8.42. The van der Waals surface area contributed by atoms with Crippen molar-refractivity contribution in [1.82, 2.24) is 14.8 Å². The first-order valence-corrected chi connectivity index (χ1v) is 9.30. The smallest absolute Gasteiger partial charge is 0.227 e. The molecule has 3 rings (SSSR count). The van der Waals surface area contributed by atoms with Gasteiger partial charge in [0.15, 0.2) is 0 Å². The topological polar surface area (TPSA) is 56.4 Å². The van der Waals surface area contributed by atoms with Gasteiger partial charge in [0.1, 0.15) is 0 Å². The quantitative estimate of drug-likeness (QED) is 0.904. The molecule has 2 amide bonds. The summed E-state index contributed by atoms with van der Waals surface area (Å²) in [4.78, 5) is 32.8. The van der Waals surface area contributed by atoms with Crippen molar-refractivity contribution in [3.8, 4) is 0 Å². The number of H-pyrrole nitrogens is 1. The first-order chi connectivity index (χ1) is 11.7. The zero-order chi connectivity index (χ0) is 16.8. The number of rotatable bonds is 5.